The molecule has 142 valence electrons. The van der Waals surface area contributed by atoms with Crippen LogP contribution >= 0.6 is 11.3 Å². The van der Waals surface area contributed by atoms with Crippen LogP contribution in [0.1, 0.15) is 49.7 Å². The van der Waals surface area contributed by atoms with E-state index in [2.05, 4.69) is 42.2 Å². The summed E-state index contributed by atoms with van der Waals surface area (Å²) in [5, 5.41) is 1.08. The lowest BCUT2D eigenvalue weighted by molar-refractivity contribution is 0.155. The minimum Gasteiger partial charge on any atom is -0.490 e. The SMILES string of the molecule is CC#CC1=CCC(c2ncc(-c3cccc4c3CCC4)s2)=CC=C1OC(C)C. The Morgan fingerprint density at radius 1 is 1.18 bits per heavy atom. The first-order valence-electron chi connectivity index (χ1n) is 9.94. The lowest BCUT2D eigenvalue weighted by Gasteiger charge is -2.12. The molecule has 0 fully saturated rings. The van der Waals surface area contributed by atoms with E-state index >= 15 is 0 Å². The molecule has 4 rings (SSSR count). The third kappa shape index (κ3) is 3.84. The van der Waals surface area contributed by atoms with Gasteiger partial charge in [-0.15, -0.1) is 17.3 Å². The third-order valence-corrected chi connectivity index (χ3v) is 6.15. The average molecular weight is 388 g/mol. The average Bonchev–Trinajstić information content (AvgIpc) is 3.31. The highest BCUT2D eigenvalue weighted by molar-refractivity contribution is 7.16. The number of nitrogens with zero attached hydrogens (tertiary/aromatic N) is 1. The number of fused-ring (bicyclic) bond motifs is 1. The monoisotopic (exact) mass is 387 g/mol. The van der Waals surface area contributed by atoms with E-state index in [1.807, 2.05) is 33.0 Å². The molecule has 0 saturated heterocycles. The maximum absolute atomic E-state index is 5.97. The topological polar surface area (TPSA) is 22.1 Å². The van der Waals surface area contributed by atoms with E-state index in [4.69, 9.17) is 9.72 Å². The largest absolute Gasteiger partial charge is 0.490 e. The first kappa shape index (κ1) is 18.8. The van der Waals surface area contributed by atoms with E-state index in [-0.39, 0.29) is 6.10 Å². The Labute approximate surface area is 171 Å². The minimum absolute atomic E-state index is 0.120. The zero-order valence-electron chi connectivity index (χ0n) is 16.7. The van der Waals surface area contributed by atoms with E-state index < -0.39 is 0 Å². The Morgan fingerprint density at radius 2 is 2.07 bits per heavy atom. The van der Waals surface area contributed by atoms with Gasteiger partial charge in [0.15, 0.2) is 0 Å². The molecule has 3 heteroatoms. The van der Waals surface area contributed by atoms with Crippen molar-refractivity contribution < 1.29 is 4.74 Å². The summed E-state index contributed by atoms with van der Waals surface area (Å²) < 4.78 is 5.97. The molecule has 0 N–H and O–H groups in total. The minimum atomic E-state index is 0.120. The molecule has 0 radical (unpaired) electrons. The normalized spacial score (nSPS) is 15.8. The lowest BCUT2D eigenvalue weighted by atomic mass is 10.0. The van der Waals surface area contributed by atoms with Gasteiger partial charge in [0.2, 0.25) is 0 Å². The Balaban J connectivity index is 1.65. The molecular formula is C25H25NOS. The summed E-state index contributed by atoms with van der Waals surface area (Å²) in [6, 6.07) is 6.69. The number of aryl methyl sites for hydroxylation is 1. The van der Waals surface area contributed by atoms with Crippen molar-refractivity contribution in [2.45, 2.75) is 52.6 Å². The molecule has 0 unspecified atom stereocenters. The lowest BCUT2D eigenvalue weighted by Crippen LogP contribution is -2.03. The van der Waals surface area contributed by atoms with E-state index in [0.29, 0.717) is 0 Å². The Morgan fingerprint density at radius 3 is 2.89 bits per heavy atom. The molecule has 2 aliphatic carbocycles. The summed E-state index contributed by atoms with van der Waals surface area (Å²) in [5.41, 5.74) is 6.55. The van der Waals surface area contributed by atoms with E-state index in [0.717, 1.165) is 22.8 Å². The number of allylic oxidation sites excluding steroid dienone is 5. The van der Waals surface area contributed by atoms with Crippen LogP contribution < -0.4 is 0 Å². The summed E-state index contributed by atoms with van der Waals surface area (Å²) in [6.07, 6.45) is 12.9. The molecule has 0 amide bonds. The molecule has 2 nitrogen and oxygen atoms in total. The molecule has 28 heavy (non-hydrogen) atoms. The van der Waals surface area contributed by atoms with Gasteiger partial charge in [0.1, 0.15) is 10.8 Å². The summed E-state index contributed by atoms with van der Waals surface area (Å²) in [6.45, 7) is 5.94. The van der Waals surface area contributed by atoms with Crippen LogP contribution in [0.25, 0.3) is 16.0 Å². The van der Waals surface area contributed by atoms with Crippen molar-refractivity contribution in [1.29, 1.82) is 0 Å². The quantitative estimate of drug-likeness (QED) is 0.571. The first-order chi connectivity index (χ1) is 13.7. The Kier molecular flexibility index (Phi) is 5.50. The number of thiazole rings is 1. The van der Waals surface area contributed by atoms with Crippen molar-refractivity contribution in [1.82, 2.24) is 4.98 Å². The number of hydrogen-bond acceptors (Lipinski definition) is 3. The second kappa shape index (κ2) is 8.20. The van der Waals surface area contributed by atoms with Crippen molar-refractivity contribution in [3.8, 4) is 22.3 Å². The van der Waals surface area contributed by atoms with Gasteiger partial charge < -0.3 is 4.74 Å². The van der Waals surface area contributed by atoms with Crippen LogP contribution in [0, 0.1) is 11.8 Å². The van der Waals surface area contributed by atoms with Crippen LogP contribution in [0.5, 0.6) is 0 Å². The number of aromatic nitrogens is 1. The van der Waals surface area contributed by atoms with Gasteiger partial charge in [-0.3, -0.25) is 0 Å². The van der Waals surface area contributed by atoms with Gasteiger partial charge in [0.25, 0.3) is 0 Å². The van der Waals surface area contributed by atoms with Gasteiger partial charge >= 0.3 is 0 Å². The van der Waals surface area contributed by atoms with Gasteiger partial charge in [-0.1, -0.05) is 36.3 Å². The number of benzene rings is 1. The summed E-state index contributed by atoms with van der Waals surface area (Å²) in [7, 11) is 0. The summed E-state index contributed by atoms with van der Waals surface area (Å²) >= 11 is 1.78. The smallest absolute Gasteiger partial charge is 0.134 e. The maximum atomic E-state index is 5.97. The number of hydrogen-bond donors (Lipinski definition) is 0. The van der Waals surface area contributed by atoms with Crippen molar-refractivity contribution >= 4 is 16.9 Å². The molecule has 2 aliphatic rings. The zero-order chi connectivity index (χ0) is 19.5. The van der Waals surface area contributed by atoms with Crippen molar-refractivity contribution in [2.75, 3.05) is 0 Å². The van der Waals surface area contributed by atoms with Crippen molar-refractivity contribution in [3.63, 3.8) is 0 Å². The zero-order valence-corrected chi connectivity index (χ0v) is 17.5. The van der Waals surface area contributed by atoms with Crippen LogP contribution in [0.4, 0.5) is 0 Å². The molecule has 0 aliphatic heterocycles. The van der Waals surface area contributed by atoms with Gasteiger partial charge in [0.05, 0.1) is 16.6 Å². The van der Waals surface area contributed by atoms with E-state index in [9.17, 15) is 0 Å². The van der Waals surface area contributed by atoms with Crippen LogP contribution in [0.3, 0.4) is 0 Å². The van der Waals surface area contributed by atoms with Crippen LogP contribution in [-0.4, -0.2) is 11.1 Å². The Hall–Kier alpha value is -2.57. The number of ether oxygens (including phenoxy) is 1. The van der Waals surface area contributed by atoms with Gasteiger partial charge in [-0.05, 0) is 74.8 Å². The van der Waals surface area contributed by atoms with Gasteiger partial charge in [-0.2, -0.15) is 0 Å². The fourth-order valence-electron chi connectivity index (χ4n) is 3.81. The van der Waals surface area contributed by atoms with Gasteiger partial charge in [-0.25, -0.2) is 4.98 Å². The van der Waals surface area contributed by atoms with Crippen LogP contribution in [0.15, 0.2) is 54.0 Å². The standard InChI is InChI=1S/C25H25NOS/c1-4-7-19-12-13-20(14-15-23(19)27-17(2)3)25-26-16-24(28-25)22-11-6-9-18-8-5-10-21(18)22/h6,9,11-12,14-17H,5,8,10,13H2,1-3H3. The predicted molar refractivity (Wildman–Crippen MR) is 118 cm³/mol. The van der Waals surface area contributed by atoms with Gasteiger partial charge in [0, 0.05) is 6.20 Å². The van der Waals surface area contributed by atoms with Crippen LogP contribution in [-0.2, 0) is 17.6 Å². The first-order valence-corrected chi connectivity index (χ1v) is 10.8. The fourth-order valence-corrected chi connectivity index (χ4v) is 4.81. The molecule has 1 aromatic carbocycles. The molecule has 0 atom stereocenters. The van der Waals surface area contributed by atoms with Crippen LogP contribution in [0.2, 0.25) is 0 Å². The highest BCUT2D eigenvalue weighted by Crippen LogP contribution is 2.37. The highest BCUT2D eigenvalue weighted by atomic mass is 32.1. The predicted octanol–water partition coefficient (Wildman–Crippen LogP) is 6.34. The summed E-state index contributed by atoms with van der Waals surface area (Å²) in [4.78, 5) is 6.02. The third-order valence-electron chi connectivity index (χ3n) is 5.04. The second-order valence-corrected chi connectivity index (χ2v) is 8.44. The fraction of sp³-hybridized carbons (Fsp3) is 0.320. The molecule has 0 spiro atoms. The Bertz CT molecular complexity index is 1040. The molecule has 0 bridgehead atoms. The number of rotatable bonds is 4. The molecule has 1 aromatic heterocycles. The molecule has 2 aromatic rings. The second-order valence-electron chi connectivity index (χ2n) is 7.41. The summed E-state index contributed by atoms with van der Waals surface area (Å²) in [5.74, 6) is 7.02. The van der Waals surface area contributed by atoms with E-state index in [1.165, 1.54) is 46.4 Å². The molecular weight excluding hydrogens is 362 g/mol. The maximum Gasteiger partial charge on any atom is 0.134 e. The highest BCUT2D eigenvalue weighted by Gasteiger charge is 2.18. The van der Waals surface area contributed by atoms with Crippen molar-refractivity contribution in [2.24, 2.45) is 0 Å². The van der Waals surface area contributed by atoms with Crippen molar-refractivity contribution in [3.05, 3.63) is 70.1 Å². The molecule has 1 heterocycles. The molecule has 0 saturated carbocycles. The van der Waals surface area contributed by atoms with E-state index in [1.54, 1.807) is 11.3 Å².